The largest absolute Gasteiger partial charge is 0.462 e. The number of thiocarbonyl (C=S) groups is 1. The van der Waals surface area contributed by atoms with Crippen molar-refractivity contribution < 1.29 is 13.9 Å². The minimum Gasteiger partial charge on any atom is -0.462 e. The highest BCUT2D eigenvalue weighted by molar-refractivity contribution is 7.80. The molecule has 23 heavy (non-hydrogen) atoms. The average Bonchev–Trinajstić information content (AvgIpc) is 2.52. The first-order valence-corrected chi connectivity index (χ1v) is 7.51. The predicted octanol–water partition coefficient (Wildman–Crippen LogP) is 4.12. The number of rotatable bonds is 4. The molecule has 0 spiro atoms. The van der Waals surface area contributed by atoms with E-state index in [-0.39, 0.29) is 11.8 Å². The summed E-state index contributed by atoms with van der Waals surface area (Å²) in [5.41, 5.74) is 2.67. The highest BCUT2D eigenvalue weighted by atomic mass is 32.1. The van der Waals surface area contributed by atoms with E-state index in [9.17, 15) is 9.18 Å². The number of halogens is 1. The summed E-state index contributed by atoms with van der Waals surface area (Å²) < 4.78 is 18.2. The third-order valence-electron chi connectivity index (χ3n) is 3.10. The Kier molecular flexibility index (Phi) is 5.65. The summed E-state index contributed by atoms with van der Waals surface area (Å²) >= 11 is 5.21. The van der Waals surface area contributed by atoms with Gasteiger partial charge in [-0.3, -0.25) is 0 Å². The molecule has 0 saturated heterocycles. The van der Waals surface area contributed by atoms with Gasteiger partial charge in [-0.25, -0.2) is 9.18 Å². The van der Waals surface area contributed by atoms with E-state index in [2.05, 4.69) is 10.6 Å². The van der Waals surface area contributed by atoms with Gasteiger partial charge in [0.25, 0.3) is 0 Å². The first-order valence-electron chi connectivity index (χ1n) is 7.11. The van der Waals surface area contributed by atoms with E-state index in [1.165, 1.54) is 12.1 Å². The van der Waals surface area contributed by atoms with Gasteiger partial charge in [-0.1, -0.05) is 6.07 Å². The number of anilines is 2. The van der Waals surface area contributed by atoms with Crippen LogP contribution in [0.3, 0.4) is 0 Å². The number of carbonyl (C=O) groups excluding carboxylic acids is 1. The van der Waals surface area contributed by atoms with Crippen LogP contribution in [0.15, 0.2) is 42.5 Å². The summed E-state index contributed by atoms with van der Waals surface area (Å²) in [5, 5.41) is 6.26. The molecule has 0 fully saturated rings. The molecular weight excluding hydrogens is 315 g/mol. The molecular formula is C17H17FN2O2S. The van der Waals surface area contributed by atoms with Crippen LogP contribution >= 0.6 is 12.2 Å². The van der Waals surface area contributed by atoms with Crippen LogP contribution in [0.1, 0.15) is 22.8 Å². The normalized spacial score (nSPS) is 10.0. The van der Waals surface area contributed by atoms with Crippen molar-refractivity contribution >= 4 is 34.7 Å². The number of benzene rings is 2. The summed E-state index contributed by atoms with van der Waals surface area (Å²) in [7, 11) is 0. The SMILES string of the molecule is CCOC(=O)c1ccc(NC(=S)Nc2cc(F)ccc2C)cc1. The van der Waals surface area contributed by atoms with E-state index >= 15 is 0 Å². The van der Waals surface area contributed by atoms with Gasteiger partial charge in [-0.2, -0.15) is 0 Å². The zero-order valence-corrected chi connectivity index (χ0v) is 13.7. The van der Waals surface area contributed by atoms with Gasteiger partial charge in [0.05, 0.1) is 12.2 Å². The van der Waals surface area contributed by atoms with Gasteiger partial charge < -0.3 is 15.4 Å². The van der Waals surface area contributed by atoms with Crippen LogP contribution in [0.25, 0.3) is 0 Å². The minimum absolute atomic E-state index is 0.333. The fourth-order valence-corrected chi connectivity index (χ4v) is 2.15. The van der Waals surface area contributed by atoms with E-state index in [4.69, 9.17) is 17.0 Å². The van der Waals surface area contributed by atoms with Crippen molar-refractivity contribution in [1.29, 1.82) is 0 Å². The lowest BCUT2D eigenvalue weighted by atomic mass is 10.2. The second kappa shape index (κ2) is 7.69. The lowest BCUT2D eigenvalue weighted by Gasteiger charge is -2.13. The van der Waals surface area contributed by atoms with Gasteiger partial charge in [0.15, 0.2) is 5.11 Å². The molecule has 0 aliphatic rings. The van der Waals surface area contributed by atoms with Gasteiger partial charge in [0.2, 0.25) is 0 Å². The fourth-order valence-electron chi connectivity index (χ4n) is 1.92. The molecule has 2 rings (SSSR count). The highest BCUT2D eigenvalue weighted by Crippen LogP contribution is 2.17. The zero-order chi connectivity index (χ0) is 16.8. The van der Waals surface area contributed by atoms with Crippen molar-refractivity contribution in [1.82, 2.24) is 0 Å². The van der Waals surface area contributed by atoms with Crippen molar-refractivity contribution in [2.45, 2.75) is 13.8 Å². The van der Waals surface area contributed by atoms with Crippen LogP contribution in [0, 0.1) is 12.7 Å². The number of carbonyl (C=O) groups is 1. The summed E-state index contributed by atoms with van der Waals surface area (Å²) in [6.45, 7) is 3.95. The number of aryl methyl sites for hydroxylation is 1. The van der Waals surface area contributed by atoms with E-state index < -0.39 is 0 Å². The molecule has 0 saturated carbocycles. The van der Waals surface area contributed by atoms with E-state index in [1.54, 1.807) is 37.3 Å². The van der Waals surface area contributed by atoms with E-state index in [0.717, 1.165) is 5.56 Å². The summed E-state index contributed by atoms with van der Waals surface area (Å²) in [5.74, 6) is -0.699. The third-order valence-corrected chi connectivity index (χ3v) is 3.31. The topological polar surface area (TPSA) is 50.4 Å². The molecule has 0 radical (unpaired) electrons. The Labute approximate surface area is 139 Å². The van der Waals surface area contributed by atoms with Crippen LogP contribution in [0.4, 0.5) is 15.8 Å². The van der Waals surface area contributed by atoms with Gasteiger partial charge >= 0.3 is 5.97 Å². The number of hydrogen-bond acceptors (Lipinski definition) is 3. The molecule has 2 aromatic carbocycles. The molecule has 0 bridgehead atoms. The number of esters is 1. The summed E-state index contributed by atoms with van der Waals surface area (Å²) in [6.07, 6.45) is 0. The van der Waals surface area contributed by atoms with Crippen LogP contribution in [-0.4, -0.2) is 17.7 Å². The first kappa shape index (κ1) is 16.9. The van der Waals surface area contributed by atoms with Crippen LogP contribution in [0.5, 0.6) is 0 Å². The van der Waals surface area contributed by atoms with Crippen molar-refractivity contribution in [2.75, 3.05) is 17.2 Å². The maximum Gasteiger partial charge on any atom is 0.338 e. The van der Waals surface area contributed by atoms with Gasteiger partial charge in [-0.15, -0.1) is 0 Å². The summed E-state index contributed by atoms with van der Waals surface area (Å²) in [4.78, 5) is 11.6. The standard InChI is InChI=1S/C17H17FN2O2S/c1-3-22-16(21)12-5-8-14(9-6-12)19-17(23)20-15-10-13(18)7-4-11(15)2/h4-10H,3H2,1-2H3,(H2,19,20,23). The van der Waals surface area contributed by atoms with Crippen LogP contribution in [-0.2, 0) is 4.74 Å². The first-order chi connectivity index (χ1) is 11.0. The maximum absolute atomic E-state index is 13.3. The third kappa shape index (κ3) is 4.75. The van der Waals surface area contributed by atoms with E-state index in [0.29, 0.717) is 28.7 Å². The van der Waals surface area contributed by atoms with Gasteiger partial charge in [0, 0.05) is 11.4 Å². The van der Waals surface area contributed by atoms with Crippen LogP contribution < -0.4 is 10.6 Å². The molecule has 2 N–H and O–H groups in total. The minimum atomic E-state index is -0.366. The molecule has 0 aliphatic carbocycles. The van der Waals surface area contributed by atoms with Crippen LogP contribution in [0.2, 0.25) is 0 Å². The lowest BCUT2D eigenvalue weighted by Crippen LogP contribution is -2.19. The Balaban J connectivity index is 2.00. The molecule has 0 aromatic heterocycles. The fraction of sp³-hybridized carbons (Fsp3) is 0.176. The van der Waals surface area contributed by atoms with Crippen molar-refractivity contribution in [2.24, 2.45) is 0 Å². The number of hydrogen-bond donors (Lipinski definition) is 2. The molecule has 6 heteroatoms. The average molecular weight is 332 g/mol. The summed E-state index contributed by atoms with van der Waals surface area (Å²) in [6, 6.07) is 11.2. The Morgan fingerprint density at radius 3 is 2.52 bits per heavy atom. The lowest BCUT2D eigenvalue weighted by molar-refractivity contribution is 0.0526. The zero-order valence-electron chi connectivity index (χ0n) is 12.9. The number of ether oxygens (including phenoxy) is 1. The molecule has 0 amide bonds. The molecule has 120 valence electrons. The molecule has 0 atom stereocenters. The smallest absolute Gasteiger partial charge is 0.338 e. The Hall–Kier alpha value is -2.47. The Bertz CT molecular complexity index is 717. The van der Waals surface area contributed by atoms with Crippen molar-refractivity contribution in [3.8, 4) is 0 Å². The molecule has 0 aliphatic heterocycles. The predicted molar refractivity (Wildman–Crippen MR) is 93.4 cm³/mol. The highest BCUT2D eigenvalue weighted by Gasteiger charge is 2.07. The molecule has 2 aromatic rings. The van der Waals surface area contributed by atoms with Gasteiger partial charge in [-0.05, 0) is 68.0 Å². The molecule has 0 unspecified atom stereocenters. The second-order valence-electron chi connectivity index (χ2n) is 4.84. The maximum atomic E-state index is 13.3. The number of nitrogens with one attached hydrogen (secondary N) is 2. The van der Waals surface area contributed by atoms with Gasteiger partial charge in [0.1, 0.15) is 5.82 Å². The Morgan fingerprint density at radius 2 is 1.87 bits per heavy atom. The second-order valence-corrected chi connectivity index (χ2v) is 5.24. The van der Waals surface area contributed by atoms with E-state index in [1.807, 2.05) is 6.92 Å². The van der Waals surface area contributed by atoms with Crippen molar-refractivity contribution in [3.63, 3.8) is 0 Å². The Morgan fingerprint density at radius 1 is 1.17 bits per heavy atom. The monoisotopic (exact) mass is 332 g/mol. The molecule has 0 heterocycles. The molecule has 4 nitrogen and oxygen atoms in total. The quantitative estimate of drug-likeness (QED) is 0.651. The van der Waals surface area contributed by atoms with Crippen molar-refractivity contribution in [3.05, 3.63) is 59.4 Å².